The summed E-state index contributed by atoms with van der Waals surface area (Å²) in [5, 5.41) is 11.3. The number of fused-ring (bicyclic) bond motifs is 1. The number of esters is 1. The summed E-state index contributed by atoms with van der Waals surface area (Å²) in [6, 6.07) is 13.4. The number of methoxy groups -OCH3 is 1. The molecule has 0 aromatic heterocycles. The Morgan fingerprint density at radius 1 is 1.36 bits per heavy atom. The van der Waals surface area contributed by atoms with Gasteiger partial charge in [0.05, 0.1) is 13.7 Å². The second-order valence-electron chi connectivity index (χ2n) is 4.97. The molecule has 1 aliphatic rings. The molecule has 1 aliphatic heterocycles. The van der Waals surface area contributed by atoms with Gasteiger partial charge in [-0.15, -0.1) is 0 Å². The molecule has 0 aliphatic carbocycles. The van der Waals surface area contributed by atoms with Gasteiger partial charge in [0.2, 0.25) is 0 Å². The number of epoxide rings is 1. The highest BCUT2D eigenvalue weighted by Gasteiger charge is 2.66. The third kappa shape index (κ3) is 2.00. The summed E-state index contributed by atoms with van der Waals surface area (Å²) in [7, 11) is 1.56. The smallest absolute Gasteiger partial charge is 0.356 e. The molecule has 0 amide bonds. The van der Waals surface area contributed by atoms with Gasteiger partial charge in [0.15, 0.2) is 0 Å². The normalized spacial score (nSPS) is 22.9. The predicted molar refractivity (Wildman–Crippen MR) is 79.3 cm³/mol. The Morgan fingerprint density at radius 2 is 2.14 bits per heavy atom. The van der Waals surface area contributed by atoms with Crippen molar-refractivity contribution in [3.63, 3.8) is 0 Å². The van der Waals surface area contributed by atoms with Crippen LogP contribution in [0.3, 0.4) is 0 Å². The van der Waals surface area contributed by atoms with Crippen LogP contribution >= 0.6 is 0 Å². The molecule has 1 saturated heterocycles. The number of benzene rings is 2. The minimum Gasteiger partial charge on any atom is -0.496 e. The average Bonchev–Trinajstić information content (AvgIpc) is 3.30. The maximum atomic E-state index is 12.0. The Kier molecular flexibility index (Phi) is 3.47. The third-order valence-corrected chi connectivity index (χ3v) is 3.76. The van der Waals surface area contributed by atoms with Gasteiger partial charge in [-0.3, -0.25) is 0 Å². The summed E-state index contributed by atoms with van der Waals surface area (Å²) in [5.41, 5.74) is -0.887. The Labute approximate surface area is 128 Å². The van der Waals surface area contributed by atoms with E-state index in [1.807, 2.05) is 42.5 Å². The lowest BCUT2D eigenvalue weighted by molar-refractivity contribution is -0.147. The molecule has 2 aromatic carbocycles. The molecule has 112 valence electrons. The Bertz CT molecular complexity index is 780. The molecule has 5 heteroatoms. The van der Waals surface area contributed by atoms with E-state index in [1.165, 1.54) is 0 Å². The van der Waals surface area contributed by atoms with Crippen molar-refractivity contribution in [2.45, 2.75) is 18.6 Å². The van der Waals surface area contributed by atoms with Crippen molar-refractivity contribution in [1.29, 1.82) is 5.26 Å². The second-order valence-corrected chi connectivity index (χ2v) is 4.97. The quantitative estimate of drug-likeness (QED) is 0.641. The summed E-state index contributed by atoms with van der Waals surface area (Å²) in [4.78, 5) is 12.0. The number of ether oxygens (including phenoxy) is 3. The van der Waals surface area contributed by atoms with Crippen molar-refractivity contribution >= 4 is 16.7 Å². The van der Waals surface area contributed by atoms with Gasteiger partial charge in [-0.05, 0) is 12.3 Å². The first-order valence-corrected chi connectivity index (χ1v) is 7.00. The first-order chi connectivity index (χ1) is 10.7. The molecular formula is C17H15NO4. The van der Waals surface area contributed by atoms with E-state index < -0.39 is 17.7 Å². The average molecular weight is 297 g/mol. The van der Waals surface area contributed by atoms with E-state index in [1.54, 1.807) is 14.0 Å². The van der Waals surface area contributed by atoms with Gasteiger partial charge in [-0.2, -0.15) is 5.26 Å². The zero-order valence-electron chi connectivity index (χ0n) is 12.3. The van der Waals surface area contributed by atoms with Crippen molar-refractivity contribution < 1.29 is 19.0 Å². The Hall–Kier alpha value is -2.58. The van der Waals surface area contributed by atoms with Crippen molar-refractivity contribution in [3.05, 3.63) is 42.0 Å². The molecule has 2 atom stereocenters. The van der Waals surface area contributed by atoms with Gasteiger partial charge >= 0.3 is 5.97 Å². The van der Waals surface area contributed by atoms with Crippen LogP contribution in [-0.2, 0) is 14.3 Å². The molecule has 0 spiro atoms. The van der Waals surface area contributed by atoms with Crippen LogP contribution in [0.25, 0.3) is 10.8 Å². The van der Waals surface area contributed by atoms with Crippen LogP contribution < -0.4 is 4.74 Å². The molecule has 2 unspecified atom stereocenters. The van der Waals surface area contributed by atoms with Crippen LogP contribution in [0, 0.1) is 11.3 Å². The zero-order valence-corrected chi connectivity index (χ0v) is 12.3. The van der Waals surface area contributed by atoms with E-state index in [-0.39, 0.29) is 6.61 Å². The van der Waals surface area contributed by atoms with Gasteiger partial charge in [0.1, 0.15) is 17.9 Å². The highest BCUT2D eigenvalue weighted by molar-refractivity contribution is 5.92. The molecule has 3 rings (SSSR count). The van der Waals surface area contributed by atoms with Gasteiger partial charge in [0.25, 0.3) is 5.60 Å². The molecule has 2 aromatic rings. The SMILES string of the molecule is CCOC(=O)C1(C#N)OC1c1ccc2ccccc2c1OC. The van der Waals surface area contributed by atoms with E-state index in [0.717, 1.165) is 10.8 Å². The number of hydrogen-bond donors (Lipinski definition) is 0. The highest BCUT2D eigenvalue weighted by atomic mass is 16.7. The third-order valence-electron chi connectivity index (χ3n) is 3.76. The minimum absolute atomic E-state index is 0.202. The van der Waals surface area contributed by atoms with Crippen LogP contribution in [0.1, 0.15) is 18.6 Å². The molecule has 0 N–H and O–H groups in total. The largest absolute Gasteiger partial charge is 0.496 e. The Morgan fingerprint density at radius 3 is 2.82 bits per heavy atom. The number of carbonyl (C=O) groups is 1. The van der Waals surface area contributed by atoms with Crippen molar-refractivity contribution in [3.8, 4) is 11.8 Å². The number of carbonyl (C=O) groups excluding carboxylic acids is 1. The van der Waals surface area contributed by atoms with Crippen LogP contribution in [0.2, 0.25) is 0 Å². The van der Waals surface area contributed by atoms with Gasteiger partial charge in [-0.25, -0.2) is 4.79 Å². The van der Waals surface area contributed by atoms with Crippen LogP contribution in [0.15, 0.2) is 36.4 Å². The standard InChI is InChI=1S/C17H15NO4/c1-3-21-16(19)17(10-18)15(22-17)13-9-8-11-6-4-5-7-12(11)14(13)20-2/h4-9,15H,3H2,1-2H3. The first-order valence-electron chi connectivity index (χ1n) is 7.00. The summed E-state index contributed by atoms with van der Waals surface area (Å²) in [6.07, 6.45) is -0.670. The van der Waals surface area contributed by atoms with Gasteiger partial charge in [-0.1, -0.05) is 36.4 Å². The second kappa shape index (κ2) is 5.32. The van der Waals surface area contributed by atoms with E-state index in [0.29, 0.717) is 11.3 Å². The Balaban J connectivity index is 2.05. The van der Waals surface area contributed by atoms with Crippen molar-refractivity contribution in [2.24, 2.45) is 0 Å². The van der Waals surface area contributed by atoms with E-state index in [4.69, 9.17) is 14.2 Å². The van der Waals surface area contributed by atoms with Crippen LogP contribution in [0.5, 0.6) is 5.75 Å². The predicted octanol–water partition coefficient (Wildman–Crippen LogP) is 2.75. The number of nitrogens with zero attached hydrogens (tertiary/aromatic N) is 1. The molecule has 0 saturated carbocycles. The van der Waals surface area contributed by atoms with Crippen LogP contribution in [0.4, 0.5) is 0 Å². The van der Waals surface area contributed by atoms with E-state index >= 15 is 0 Å². The zero-order chi connectivity index (χ0) is 15.7. The minimum atomic E-state index is -1.56. The maximum Gasteiger partial charge on any atom is 0.356 e. The molecule has 1 heterocycles. The van der Waals surface area contributed by atoms with Gasteiger partial charge < -0.3 is 14.2 Å². The molecule has 5 nitrogen and oxygen atoms in total. The first kappa shape index (κ1) is 14.4. The number of nitriles is 1. The fourth-order valence-electron chi connectivity index (χ4n) is 2.65. The monoisotopic (exact) mass is 297 g/mol. The maximum absolute atomic E-state index is 12.0. The fraction of sp³-hybridized carbons (Fsp3) is 0.294. The van der Waals surface area contributed by atoms with E-state index in [9.17, 15) is 10.1 Å². The summed E-state index contributed by atoms with van der Waals surface area (Å²) in [5.74, 6) is -0.0396. The summed E-state index contributed by atoms with van der Waals surface area (Å²) >= 11 is 0. The van der Waals surface area contributed by atoms with Crippen LogP contribution in [-0.4, -0.2) is 25.3 Å². The fourth-order valence-corrected chi connectivity index (χ4v) is 2.65. The summed E-state index contributed by atoms with van der Waals surface area (Å²) < 4.78 is 15.9. The lowest BCUT2D eigenvalue weighted by Gasteiger charge is -2.11. The molecule has 0 radical (unpaired) electrons. The lowest BCUT2D eigenvalue weighted by Crippen LogP contribution is -2.26. The van der Waals surface area contributed by atoms with Crippen molar-refractivity contribution in [1.82, 2.24) is 0 Å². The molecule has 0 bridgehead atoms. The van der Waals surface area contributed by atoms with Crippen molar-refractivity contribution in [2.75, 3.05) is 13.7 Å². The van der Waals surface area contributed by atoms with E-state index in [2.05, 4.69) is 0 Å². The molecule has 1 fully saturated rings. The number of rotatable bonds is 4. The molecular weight excluding hydrogens is 282 g/mol. The van der Waals surface area contributed by atoms with Gasteiger partial charge in [0, 0.05) is 10.9 Å². The highest BCUT2D eigenvalue weighted by Crippen LogP contribution is 2.53. The number of hydrogen-bond acceptors (Lipinski definition) is 5. The lowest BCUT2D eigenvalue weighted by atomic mass is 9.97. The topological polar surface area (TPSA) is 71.9 Å². The summed E-state index contributed by atoms with van der Waals surface area (Å²) in [6.45, 7) is 1.89. The molecule has 22 heavy (non-hydrogen) atoms.